The van der Waals surface area contributed by atoms with Crippen LogP contribution in [-0.4, -0.2) is 32.1 Å². The monoisotopic (exact) mass is 763 g/mol. The third-order valence-electron chi connectivity index (χ3n) is 15.0. The summed E-state index contributed by atoms with van der Waals surface area (Å²) >= 11 is 0. The third-order valence-corrected chi connectivity index (χ3v) is 15.0. The lowest BCUT2D eigenvalue weighted by molar-refractivity contribution is -0.00522. The van der Waals surface area contributed by atoms with Crippen LogP contribution in [0.2, 0.25) is 0 Å². The highest BCUT2D eigenvalue weighted by molar-refractivity contribution is 6.09. The van der Waals surface area contributed by atoms with E-state index in [2.05, 4.69) is 174 Å². The number of allylic oxidation sites excluding steroid dienone is 1. The number of hydrogen-bond acceptors (Lipinski definition) is 4. The zero-order valence-electron chi connectivity index (χ0n) is 34.7. The molecule has 4 nitrogen and oxygen atoms in total. The molecule has 1 saturated heterocycles. The van der Waals surface area contributed by atoms with Crippen molar-refractivity contribution >= 4 is 22.5 Å². The van der Waals surface area contributed by atoms with E-state index >= 15 is 0 Å². The minimum atomic E-state index is -0.398. The average Bonchev–Trinajstić information content (AvgIpc) is 3.73. The van der Waals surface area contributed by atoms with Gasteiger partial charge in [0.1, 0.15) is 0 Å². The zero-order chi connectivity index (χ0) is 39.6. The van der Waals surface area contributed by atoms with Crippen molar-refractivity contribution in [3.63, 3.8) is 0 Å². The Kier molecular flexibility index (Phi) is 7.77. The molecule has 3 unspecified atom stereocenters. The van der Waals surface area contributed by atoms with E-state index < -0.39 is 5.41 Å². The molecular weight excluding hydrogens is 711 g/mol. The maximum atomic E-state index is 6.23. The number of benzene rings is 6. The van der Waals surface area contributed by atoms with Gasteiger partial charge in [-0.1, -0.05) is 131 Å². The molecule has 2 fully saturated rings. The van der Waals surface area contributed by atoms with Crippen LogP contribution >= 0.6 is 0 Å². The second-order valence-corrected chi connectivity index (χ2v) is 19.1. The van der Waals surface area contributed by atoms with Gasteiger partial charge in [0.15, 0.2) is 11.5 Å². The standard InChI is InChI=1S/C54H53NO3/c1-34-31-55(32-35(2)58-34)38-22-20-37(21-23-38)53(36-14-8-7-9-15-36)25-24-42-45(30-53)43-28-47-48(57-33-56-47)29-44(43)49-41-18-11-10-16-39(41)40-17-12-13-19-46(40)54(50(42)49)51(3,4)26-27-52(54,5)6/h7-25,28-29,34-35H,26-27,30-33H2,1-6H3. The molecule has 3 atom stereocenters. The summed E-state index contributed by atoms with van der Waals surface area (Å²) in [5, 5.41) is 2.50. The second-order valence-electron chi connectivity index (χ2n) is 19.1. The summed E-state index contributed by atoms with van der Waals surface area (Å²) in [6.45, 7) is 16.6. The van der Waals surface area contributed by atoms with E-state index in [9.17, 15) is 0 Å². The van der Waals surface area contributed by atoms with Crippen molar-refractivity contribution in [2.24, 2.45) is 10.8 Å². The Balaban J connectivity index is 1.24. The largest absolute Gasteiger partial charge is 0.454 e. The van der Waals surface area contributed by atoms with Crippen LogP contribution in [0.3, 0.4) is 0 Å². The molecular formula is C54H53NO3. The van der Waals surface area contributed by atoms with Gasteiger partial charge in [-0.2, -0.15) is 0 Å². The molecule has 0 amide bonds. The van der Waals surface area contributed by atoms with Gasteiger partial charge in [-0.25, -0.2) is 0 Å². The van der Waals surface area contributed by atoms with E-state index in [0.29, 0.717) is 0 Å². The first kappa shape index (κ1) is 35.8. The Labute approximate surface area is 343 Å². The second kappa shape index (κ2) is 12.6. The quantitative estimate of drug-likeness (QED) is 0.180. The van der Waals surface area contributed by atoms with Crippen molar-refractivity contribution in [2.75, 3.05) is 24.8 Å². The molecule has 0 aromatic heterocycles. The minimum absolute atomic E-state index is 0.0483. The first-order valence-corrected chi connectivity index (χ1v) is 21.4. The molecule has 58 heavy (non-hydrogen) atoms. The molecule has 5 aliphatic rings. The van der Waals surface area contributed by atoms with E-state index in [1.807, 2.05) is 0 Å². The molecule has 6 aromatic carbocycles. The van der Waals surface area contributed by atoms with Crippen molar-refractivity contribution < 1.29 is 14.2 Å². The predicted molar refractivity (Wildman–Crippen MR) is 237 cm³/mol. The highest BCUT2D eigenvalue weighted by Crippen LogP contribution is 2.72. The summed E-state index contributed by atoms with van der Waals surface area (Å²) in [7, 11) is 0. The average molecular weight is 764 g/mol. The van der Waals surface area contributed by atoms with E-state index in [4.69, 9.17) is 14.2 Å². The Hall–Kier alpha value is -5.32. The molecule has 1 saturated carbocycles. The van der Waals surface area contributed by atoms with Crippen LogP contribution in [0.4, 0.5) is 5.69 Å². The molecule has 0 N–H and O–H groups in total. The highest BCUT2D eigenvalue weighted by Gasteiger charge is 2.64. The number of hydrogen-bond donors (Lipinski definition) is 0. The fraction of sp³-hybridized carbons (Fsp3) is 0.333. The van der Waals surface area contributed by atoms with Gasteiger partial charge in [0.2, 0.25) is 6.79 Å². The van der Waals surface area contributed by atoms with Crippen LogP contribution in [0.5, 0.6) is 11.5 Å². The molecule has 3 aliphatic carbocycles. The topological polar surface area (TPSA) is 30.9 Å². The van der Waals surface area contributed by atoms with E-state index in [-0.39, 0.29) is 35.2 Å². The lowest BCUT2D eigenvalue weighted by Gasteiger charge is -2.53. The van der Waals surface area contributed by atoms with Crippen LogP contribution in [0.15, 0.2) is 121 Å². The van der Waals surface area contributed by atoms with E-state index in [1.165, 1.54) is 72.1 Å². The van der Waals surface area contributed by atoms with Crippen molar-refractivity contribution in [2.45, 2.75) is 83.8 Å². The fourth-order valence-corrected chi connectivity index (χ4v) is 12.7. The Morgan fingerprint density at radius 3 is 1.90 bits per heavy atom. The number of fused-ring (bicyclic) bond motifs is 13. The van der Waals surface area contributed by atoms with Gasteiger partial charge in [0.25, 0.3) is 0 Å². The van der Waals surface area contributed by atoms with Gasteiger partial charge < -0.3 is 19.1 Å². The maximum Gasteiger partial charge on any atom is 0.231 e. The normalized spacial score (nSPS) is 24.2. The van der Waals surface area contributed by atoms with Crippen LogP contribution < -0.4 is 14.4 Å². The summed E-state index contributed by atoms with van der Waals surface area (Å²) in [5.41, 5.74) is 14.0. The van der Waals surface area contributed by atoms with E-state index in [1.54, 1.807) is 0 Å². The maximum absolute atomic E-state index is 6.23. The fourth-order valence-electron chi connectivity index (χ4n) is 12.7. The number of ether oxygens (including phenoxy) is 3. The van der Waals surface area contributed by atoms with Gasteiger partial charge in [-0.15, -0.1) is 0 Å². The Morgan fingerprint density at radius 2 is 1.21 bits per heavy atom. The smallest absolute Gasteiger partial charge is 0.231 e. The number of rotatable bonds is 3. The van der Waals surface area contributed by atoms with Gasteiger partial charge >= 0.3 is 0 Å². The van der Waals surface area contributed by atoms with Gasteiger partial charge in [-0.05, 0) is 135 Å². The highest BCUT2D eigenvalue weighted by atomic mass is 16.7. The van der Waals surface area contributed by atoms with Crippen LogP contribution in [0, 0.1) is 10.8 Å². The molecule has 0 bridgehead atoms. The summed E-state index contributed by atoms with van der Waals surface area (Å²) in [5.74, 6) is 1.66. The minimum Gasteiger partial charge on any atom is -0.454 e. The molecule has 292 valence electrons. The molecule has 11 rings (SSSR count). The van der Waals surface area contributed by atoms with Crippen LogP contribution in [0.25, 0.3) is 39.1 Å². The molecule has 2 heterocycles. The summed E-state index contributed by atoms with van der Waals surface area (Å²) in [6.07, 6.45) is 8.60. The lowest BCUT2D eigenvalue weighted by Crippen LogP contribution is -2.49. The van der Waals surface area contributed by atoms with E-state index in [0.717, 1.165) is 43.9 Å². The van der Waals surface area contributed by atoms with Gasteiger partial charge in [0, 0.05) is 29.6 Å². The molecule has 0 radical (unpaired) electrons. The summed E-state index contributed by atoms with van der Waals surface area (Å²) in [4.78, 5) is 2.48. The molecule has 4 heteroatoms. The van der Waals surface area contributed by atoms with Crippen molar-refractivity contribution in [3.05, 3.63) is 155 Å². The summed E-state index contributed by atoms with van der Waals surface area (Å²) in [6, 6.07) is 43.8. The zero-order valence-corrected chi connectivity index (χ0v) is 34.7. The van der Waals surface area contributed by atoms with Gasteiger partial charge in [-0.3, -0.25) is 0 Å². The summed E-state index contributed by atoms with van der Waals surface area (Å²) < 4.78 is 18.5. The lowest BCUT2D eigenvalue weighted by atomic mass is 9.49. The van der Waals surface area contributed by atoms with Crippen LogP contribution in [0.1, 0.15) is 87.8 Å². The molecule has 1 spiro atoms. The van der Waals surface area contributed by atoms with Crippen molar-refractivity contribution in [3.8, 4) is 33.8 Å². The van der Waals surface area contributed by atoms with Crippen molar-refractivity contribution in [1.29, 1.82) is 0 Å². The first-order valence-electron chi connectivity index (χ1n) is 21.4. The number of nitrogens with zero attached hydrogens (tertiary/aromatic N) is 1. The Morgan fingerprint density at radius 1 is 0.621 bits per heavy atom. The Bertz CT molecular complexity index is 2630. The first-order chi connectivity index (χ1) is 28.0. The molecule has 6 aromatic rings. The third kappa shape index (κ3) is 4.84. The van der Waals surface area contributed by atoms with Crippen molar-refractivity contribution in [1.82, 2.24) is 0 Å². The number of morpholine rings is 1. The molecule has 2 aliphatic heterocycles. The number of anilines is 1. The van der Waals surface area contributed by atoms with Gasteiger partial charge in [0.05, 0.1) is 12.2 Å². The predicted octanol–water partition coefficient (Wildman–Crippen LogP) is 12.5. The van der Waals surface area contributed by atoms with Crippen LogP contribution in [-0.2, 0) is 22.0 Å². The SMILES string of the molecule is CC1CN(c2ccc(C3(c4ccccc4)C=Cc4c5c(c6cc7c(cc6c4C3)OCO7)-c3ccccc3-c3ccccc3C53C(C)(C)CCC3(C)C)cc2)CC(C)O1.